The predicted molar refractivity (Wildman–Crippen MR) is 61.8 cm³/mol. The van der Waals surface area contributed by atoms with Crippen LogP contribution in [0.1, 0.15) is 18.9 Å². The van der Waals surface area contributed by atoms with Gasteiger partial charge in [-0.25, -0.2) is 9.59 Å². The van der Waals surface area contributed by atoms with E-state index in [2.05, 4.69) is 4.42 Å². The summed E-state index contributed by atoms with van der Waals surface area (Å²) in [5.41, 5.74) is 1.06. The summed E-state index contributed by atoms with van der Waals surface area (Å²) in [5.74, 6) is -0.580. The molecule has 0 aliphatic rings. The summed E-state index contributed by atoms with van der Waals surface area (Å²) in [6, 6.07) is 5.42. The second kappa shape index (κ2) is 3.96. The molecule has 16 heavy (non-hydrogen) atoms. The summed E-state index contributed by atoms with van der Waals surface area (Å²) in [6.45, 7) is 4.42. The molecule has 0 saturated carbocycles. The highest BCUT2D eigenvalue weighted by Gasteiger charge is 2.08. The first kappa shape index (κ1) is 10.7. The Morgan fingerprint density at radius 3 is 2.75 bits per heavy atom. The second-order valence-corrected chi connectivity index (χ2v) is 3.83. The van der Waals surface area contributed by atoms with Crippen molar-refractivity contribution in [3.8, 4) is 0 Å². The minimum absolute atomic E-state index is 0.466. The number of aryl methyl sites for hydroxylation is 2. The van der Waals surface area contributed by atoms with Gasteiger partial charge in [0.2, 0.25) is 0 Å². The van der Waals surface area contributed by atoms with Crippen molar-refractivity contribution >= 4 is 10.9 Å². The van der Waals surface area contributed by atoms with Crippen molar-refractivity contribution in [1.29, 1.82) is 0 Å². The SMILES string of the molecule is CCCn1c(=O)oc(=O)c2cc(C)ccc21. The van der Waals surface area contributed by atoms with Gasteiger partial charge in [0.15, 0.2) is 0 Å². The molecule has 2 aromatic rings. The van der Waals surface area contributed by atoms with Gasteiger partial charge in [0.05, 0.1) is 10.9 Å². The highest BCUT2D eigenvalue weighted by molar-refractivity contribution is 5.78. The molecule has 4 heteroatoms. The molecule has 0 spiro atoms. The van der Waals surface area contributed by atoms with Gasteiger partial charge in [-0.1, -0.05) is 18.6 Å². The molecule has 0 saturated heterocycles. The topological polar surface area (TPSA) is 52.2 Å². The first-order valence-electron chi connectivity index (χ1n) is 5.28. The van der Waals surface area contributed by atoms with Crippen LogP contribution >= 0.6 is 0 Å². The van der Waals surface area contributed by atoms with Crippen LogP contribution in [0.5, 0.6) is 0 Å². The maximum atomic E-state index is 11.5. The van der Waals surface area contributed by atoms with Crippen LogP contribution in [0.3, 0.4) is 0 Å². The lowest BCUT2D eigenvalue weighted by Gasteiger charge is -2.06. The Kier molecular flexibility index (Phi) is 2.64. The van der Waals surface area contributed by atoms with Gasteiger partial charge in [-0.2, -0.15) is 0 Å². The quantitative estimate of drug-likeness (QED) is 0.772. The highest BCUT2D eigenvalue weighted by atomic mass is 16.4. The first-order valence-corrected chi connectivity index (χ1v) is 5.28. The molecule has 1 aromatic heterocycles. The number of hydrogen-bond acceptors (Lipinski definition) is 3. The van der Waals surface area contributed by atoms with E-state index in [1.54, 1.807) is 12.1 Å². The minimum Gasteiger partial charge on any atom is -0.372 e. The zero-order chi connectivity index (χ0) is 11.7. The van der Waals surface area contributed by atoms with Gasteiger partial charge < -0.3 is 4.42 Å². The van der Waals surface area contributed by atoms with E-state index in [-0.39, 0.29) is 0 Å². The van der Waals surface area contributed by atoms with Gasteiger partial charge in [-0.3, -0.25) is 4.57 Å². The van der Waals surface area contributed by atoms with E-state index < -0.39 is 11.4 Å². The molecule has 0 radical (unpaired) electrons. The molecule has 1 heterocycles. The number of fused-ring (bicyclic) bond motifs is 1. The maximum absolute atomic E-state index is 11.5. The van der Waals surface area contributed by atoms with Crippen LogP contribution in [0.2, 0.25) is 0 Å². The van der Waals surface area contributed by atoms with Gasteiger partial charge in [-0.05, 0) is 25.5 Å². The molecule has 84 valence electrons. The van der Waals surface area contributed by atoms with E-state index in [9.17, 15) is 9.59 Å². The molecule has 0 fully saturated rings. The van der Waals surface area contributed by atoms with Gasteiger partial charge in [0, 0.05) is 6.54 Å². The van der Waals surface area contributed by atoms with Crippen molar-refractivity contribution in [3.63, 3.8) is 0 Å². The molecule has 0 aliphatic heterocycles. The molecular formula is C12H13NO3. The Hall–Kier alpha value is -1.84. The molecule has 4 nitrogen and oxygen atoms in total. The molecule has 0 aliphatic carbocycles. The zero-order valence-electron chi connectivity index (χ0n) is 9.32. The van der Waals surface area contributed by atoms with E-state index >= 15 is 0 Å². The van der Waals surface area contributed by atoms with Gasteiger partial charge >= 0.3 is 11.4 Å². The third kappa shape index (κ3) is 1.66. The van der Waals surface area contributed by atoms with Crippen LogP contribution in [0.4, 0.5) is 0 Å². The standard InChI is InChI=1S/C12H13NO3/c1-3-6-13-10-5-4-8(2)7-9(10)11(14)16-12(13)15/h4-5,7H,3,6H2,1-2H3. The summed E-state index contributed by atoms with van der Waals surface area (Å²) in [7, 11) is 0. The lowest BCUT2D eigenvalue weighted by Crippen LogP contribution is -2.25. The maximum Gasteiger partial charge on any atom is 0.422 e. The molecule has 2 rings (SSSR count). The van der Waals surface area contributed by atoms with Crippen molar-refractivity contribution in [2.75, 3.05) is 0 Å². The molecule has 0 amide bonds. The lowest BCUT2D eigenvalue weighted by molar-refractivity contribution is 0.415. The molecular weight excluding hydrogens is 206 g/mol. The number of hydrogen-bond donors (Lipinski definition) is 0. The Labute approximate surface area is 92.1 Å². The fourth-order valence-electron chi connectivity index (χ4n) is 1.77. The van der Waals surface area contributed by atoms with Crippen molar-refractivity contribution in [3.05, 3.63) is 44.7 Å². The van der Waals surface area contributed by atoms with Crippen molar-refractivity contribution in [2.45, 2.75) is 26.8 Å². The minimum atomic E-state index is -0.580. The van der Waals surface area contributed by atoms with Crippen LogP contribution in [0.15, 0.2) is 32.2 Å². The van der Waals surface area contributed by atoms with E-state index in [4.69, 9.17) is 0 Å². The zero-order valence-corrected chi connectivity index (χ0v) is 9.32. The molecule has 1 aromatic carbocycles. The second-order valence-electron chi connectivity index (χ2n) is 3.83. The summed E-state index contributed by atoms with van der Waals surface area (Å²) >= 11 is 0. The molecule has 0 bridgehead atoms. The Morgan fingerprint density at radius 2 is 2.06 bits per heavy atom. The summed E-state index contributed by atoms with van der Waals surface area (Å²) < 4.78 is 6.18. The Morgan fingerprint density at radius 1 is 1.31 bits per heavy atom. The van der Waals surface area contributed by atoms with Crippen LogP contribution in [-0.2, 0) is 6.54 Å². The van der Waals surface area contributed by atoms with Crippen molar-refractivity contribution in [2.24, 2.45) is 0 Å². The number of rotatable bonds is 2. The smallest absolute Gasteiger partial charge is 0.372 e. The molecule has 0 atom stereocenters. The average Bonchev–Trinajstić information content (AvgIpc) is 2.24. The van der Waals surface area contributed by atoms with E-state index in [0.29, 0.717) is 17.4 Å². The van der Waals surface area contributed by atoms with Crippen LogP contribution in [-0.4, -0.2) is 4.57 Å². The largest absolute Gasteiger partial charge is 0.422 e. The summed E-state index contributed by atoms with van der Waals surface area (Å²) in [6.07, 6.45) is 0.816. The first-order chi connectivity index (χ1) is 7.63. The van der Waals surface area contributed by atoms with E-state index in [1.807, 2.05) is 19.9 Å². The third-order valence-corrected chi connectivity index (χ3v) is 2.51. The Balaban J connectivity index is 2.90. The average molecular weight is 219 g/mol. The molecule has 0 N–H and O–H groups in total. The Bertz CT molecular complexity index is 637. The van der Waals surface area contributed by atoms with Crippen molar-refractivity contribution in [1.82, 2.24) is 4.57 Å². The van der Waals surface area contributed by atoms with Gasteiger partial charge in [0.1, 0.15) is 0 Å². The van der Waals surface area contributed by atoms with Crippen LogP contribution in [0.25, 0.3) is 10.9 Å². The van der Waals surface area contributed by atoms with Crippen LogP contribution in [0, 0.1) is 6.92 Å². The number of aromatic nitrogens is 1. The number of benzene rings is 1. The summed E-state index contributed by atoms with van der Waals surface area (Å²) in [5, 5.41) is 0.466. The van der Waals surface area contributed by atoms with Crippen LogP contribution < -0.4 is 11.4 Å². The van der Waals surface area contributed by atoms with Gasteiger partial charge in [-0.15, -0.1) is 0 Å². The van der Waals surface area contributed by atoms with Crippen molar-refractivity contribution < 1.29 is 4.42 Å². The normalized spacial score (nSPS) is 10.9. The third-order valence-electron chi connectivity index (χ3n) is 2.51. The fourth-order valence-corrected chi connectivity index (χ4v) is 1.77. The van der Waals surface area contributed by atoms with Gasteiger partial charge in [0.25, 0.3) is 0 Å². The predicted octanol–water partition coefficient (Wildman–Crippen LogP) is 1.67. The summed E-state index contributed by atoms with van der Waals surface area (Å²) in [4.78, 5) is 23.1. The lowest BCUT2D eigenvalue weighted by atomic mass is 10.2. The van der Waals surface area contributed by atoms with E-state index in [1.165, 1.54) is 4.57 Å². The highest BCUT2D eigenvalue weighted by Crippen LogP contribution is 2.10. The monoisotopic (exact) mass is 219 g/mol. The fraction of sp³-hybridized carbons (Fsp3) is 0.333. The van der Waals surface area contributed by atoms with E-state index in [0.717, 1.165) is 12.0 Å². The molecule has 0 unspecified atom stereocenters. The number of nitrogens with zero attached hydrogens (tertiary/aromatic N) is 1.